The van der Waals surface area contributed by atoms with E-state index in [9.17, 15) is 18.0 Å². The van der Waals surface area contributed by atoms with Crippen LogP contribution in [0, 0.1) is 0 Å². The molecule has 2 heterocycles. The average Bonchev–Trinajstić information content (AvgIpc) is 3.41. The molecule has 2 aromatic carbocycles. The summed E-state index contributed by atoms with van der Waals surface area (Å²) in [6.07, 6.45) is -3.91. The van der Waals surface area contributed by atoms with Crippen molar-refractivity contribution in [1.82, 2.24) is 9.55 Å². The van der Waals surface area contributed by atoms with Crippen LogP contribution in [0.5, 0.6) is 5.75 Å². The molecule has 0 aliphatic rings. The number of fused-ring (bicyclic) bond motifs is 1. The third-order valence-electron chi connectivity index (χ3n) is 5.07. The molecule has 0 aliphatic heterocycles. The van der Waals surface area contributed by atoms with Gasteiger partial charge in [0.2, 0.25) is 0 Å². The van der Waals surface area contributed by atoms with Gasteiger partial charge in [-0.2, -0.15) is 13.2 Å². The number of rotatable bonds is 6. The van der Waals surface area contributed by atoms with Gasteiger partial charge in [0.1, 0.15) is 23.2 Å². The van der Waals surface area contributed by atoms with E-state index in [1.807, 2.05) is 18.2 Å². The van der Waals surface area contributed by atoms with Crippen LogP contribution >= 0.6 is 22.9 Å². The number of carbonyl (C=O) groups is 1. The maximum absolute atomic E-state index is 13.5. The molecule has 4 aromatic rings. The van der Waals surface area contributed by atoms with Crippen LogP contribution in [0.1, 0.15) is 39.4 Å². The second-order valence-electron chi connectivity index (χ2n) is 7.19. The van der Waals surface area contributed by atoms with Crippen LogP contribution in [0.2, 0.25) is 0 Å². The van der Waals surface area contributed by atoms with Crippen molar-refractivity contribution in [3.8, 4) is 10.8 Å². The van der Waals surface area contributed by atoms with Gasteiger partial charge in [-0.1, -0.05) is 24.3 Å². The number of imidazole rings is 1. The standard InChI is InChI=1S/C23H18ClF3N2O3S/c1-13(15-5-3-4-6-16(15)23(25,26)27)32-19-10-20(33-21(19)22(30)31-2)29-12-28-17-8-7-14(11-24)9-18(17)29/h3-10,12-13H,11H2,1-2H3/t13-/m1/s1. The topological polar surface area (TPSA) is 53.4 Å². The van der Waals surface area contributed by atoms with Gasteiger partial charge < -0.3 is 9.47 Å². The van der Waals surface area contributed by atoms with Crippen LogP contribution in [-0.2, 0) is 16.8 Å². The number of alkyl halides is 4. The van der Waals surface area contributed by atoms with Gasteiger partial charge in [0.05, 0.1) is 23.7 Å². The van der Waals surface area contributed by atoms with Crippen molar-refractivity contribution >= 4 is 39.9 Å². The van der Waals surface area contributed by atoms with Gasteiger partial charge in [0.25, 0.3) is 0 Å². The molecule has 1 atom stereocenters. The lowest BCUT2D eigenvalue weighted by atomic mass is 10.0. The average molecular weight is 495 g/mol. The molecule has 0 saturated carbocycles. The molecule has 0 radical (unpaired) electrons. The summed E-state index contributed by atoms with van der Waals surface area (Å²) in [7, 11) is 1.23. The number of methoxy groups -OCH3 is 1. The number of thiophene rings is 1. The molecule has 0 bridgehead atoms. The van der Waals surface area contributed by atoms with Crippen molar-refractivity contribution in [2.24, 2.45) is 0 Å². The van der Waals surface area contributed by atoms with Crippen LogP contribution in [0.4, 0.5) is 13.2 Å². The highest BCUT2D eigenvalue weighted by Crippen LogP contribution is 2.39. The van der Waals surface area contributed by atoms with Gasteiger partial charge in [-0.25, -0.2) is 9.78 Å². The summed E-state index contributed by atoms with van der Waals surface area (Å²) in [4.78, 5) is 16.9. The first-order chi connectivity index (χ1) is 15.7. The van der Waals surface area contributed by atoms with E-state index in [1.165, 1.54) is 32.2 Å². The van der Waals surface area contributed by atoms with E-state index in [2.05, 4.69) is 4.98 Å². The molecule has 0 amide bonds. The molecule has 5 nitrogen and oxygen atoms in total. The number of nitrogens with zero attached hydrogens (tertiary/aromatic N) is 2. The quantitative estimate of drug-likeness (QED) is 0.219. The van der Waals surface area contributed by atoms with Crippen molar-refractivity contribution in [3.63, 3.8) is 0 Å². The Morgan fingerprint density at radius 2 is 1.97 bits per heavy atom. The first-order valence-corrected chi connectivity index (χ1v) is 11.1. The van der Waals surface area contributed by atoms with Crippen LogP contribution in [0.3, 0.4) is 0 Å². The van der Waals surface area contributed by atoms with E-state index < -0.39 is 23.8 Å². The van der Waals surface area contributed by atoms with E-state index in [4.69, 9.17) is 21.1 Å². The Hall–Kier alpha value is -3.04. The lowest BCUT2D eigenvalue weighted by Crippen LogP contribution is -2.14. The summed E-state index contributed by atoms with van der Waals surface area (Å²) in [5.74, 6) is -0.200. The van der Waals surface area contributed by atoms with E-state index >= 15 is 0 Å². The lowest BCUT2D eigenvalue weighted by molar-refractivity contribution is -0.139. The molecule has 10 heteroatoms. The molecule has 0 aliphatic carbocycles. The van der Waals surface area contributed by atoms with Gasteiger partial charge in [0, 0.05) is 17.5 Å². The summed E-state index contributed by atoms with van der Waals surface area (Å²) >= 11 is 7.05. The second kappa shape index (κ2) is 9.07. The van der Waals surface area contributed by atoms with E-state index in [-0.39, 0.29) is 16.2 Å². The van der Waals surface area contributed by atoms with Crippen molar-refractivity contribution in [1.29, 1.82) is 0 Å². The fourth-order valence-electron chi connectivity index (χ4n) is 3.48. The minimum absolute atomic E-state index is 0.0339. The number of hydrogen-bond acceptors (Lipinski definition) is 5. The molecule has 0 fully saturated rings. The van der Waals surface area contributed by atoms with Crippen molar-refractivity contribution in [2.75, 3.05) is 7.11 Å². The maximum atomic E-state index is 13.5. The Morgan fingerprint density at radius 3 is 2.67 bits per heavy atom. The Bertz CT molecular complexity index is 1320. The summed E-state index contributed by atoms with van der Waals surface area (Å²) in [6, 6.07) is 12.4. The minimum atomic E-state index is -4.53. The Kier molecular flexibility index (Phi) is 6.36. The highest BCUT2D eigenvalue weighted by molar-refractivity contribution is 7.16. The highest BCUT2D eigenvalue weighted by Gasteiger charge is 2.35. The molecule has 0 N–H and O–H groups in total. The Balaban J connectivity index is 1.76. The number of carbonyl (C=O) groups excluding carboxylic acids is 1. The van der Waals surface area contributed by atoms with Crippen molar-refractivity contribution < 1.29 is 27.4 Å². The summed E-state index contributed by atoms with van der Waals surface area (Å²) in [6.45, 7) is 1.50. The number of ether oxygens (including phenoxy) is 2. The van der Waals surface area contributed by atoms with Crippen LogP contribution < -0.4 is 4.74 Å². The predicted octanol–water partition coefficient (Wildman–Crippen LogP) is 6.77. The Morgan fingerprint density at radius 1 is 1.21 bits per heavy atom. The summed E-state index contributed by atoms with van der Waals surface area (Å²) < 4.78 is 52.9. The Labute approximate surface area is 196 Å². The molecule has 0 unspecified atom stereocenters. The first-order valence-electron chi connectivity index (χ1n) is 9.80. The first kappa shape index (κ1) is 23.1. The number of hydrogen-bond donors (Lipinski definition) is 0. The summed E-state index contributed by atoms with van der Waals surface area (Å²) in [5, 5.41) is 0.593. The molecule has 0 spiro atoms. The zero-order valence-electron chi connectivity index (χ0n) is 17.5. The van der Waals surface area contributed by atoms with Crippen LogP contribution in [0.15, 0.2) is 54.9 Å². The predicted molar refractivity (Wildman–Crippen MR) is 120 cm³/mol. The van der Waals surface area contributed by atoms with Gasteiger partial charge in [-0.05, 0) is 30.7 Å². The monoisotopic (exact) mass is 494 g/mol. The van der Waals surface area contributed by atoms with Gasteiger partial charge in [-0.3, -0.25) is 4.57 Å². The number of benzene rings is 2. The maximum Gasteiger partial charge on any atom is 0.416 e. The zero-order valence-corrected chi connectivity index (χ0v) is 19.1. The van der Waals surface area contributed by atoms with Gasteiger partial charge >= 0.3 is 12.1 Å². The summed E-state index contributed by atoms with van der Waals surface area (Å²) in [5.41, 5.74) is 1.57. The molecular formula is C23H18ClF3N2O3S. The SMILES string of the molecule is COC(=O)c1sc(-n2cnc3ccc(CCl)cc32)cc1O[C@H](C)c1ccccc1C(F)(F)F. The fourth-order valence-corrected chi connectivity index (χ4v) is 4.64. The molecule has 0 saturated heterocycles. The van der Waals surface area contributed by atoms with Crippen LogP contribution in [-0.4, -0.2) is 22.6 Å². The molecule has 4 rings (SSSR count). The van der Waals surface area contributed by atoms with E-state index in [1.54, 1.807) is 17.0 Å². The fraction of sp³-hybridized carbons (Fsp3) is 0.217. The number of esters is 1. The molecule has 2 aromatic heterocycles. The zero-order chi connectivity index (χ0) is 23.8. The largest absolute Gasteiger partial charge is 0.484 e. The lowest BCUT2D eigenvalue weighted by Gasteiger charge is -2.19. The van der Waals surface area contributed by atoms with Crippen molar-refractivity contribution in [3.05, 3.63) is 76.4 Å². The smallest absolute Gasteiger partial charge is 0.416 e. The van der Waals surface area contributed by atoms with Crippen LogP contribution in [0.25, 0.3) is 16.0 Å². The van der Waals surface area contributed by atoms with E-state index in [0.717, 1.165) is 34.0 Å². The normalized spacial score (nSPS) is 12.7. The molecule has 33 heavy (non-hydrogen) atoms. The molecular weight excluding hydrogens is 477 g/mol. The highest BCUT2D eigenvalue weighted by atomic mass is 35.5. The van der Waals surface area contributed by atoms with Gasteiger partial charge in [0.15, 0.2) is 4.88 Å². The minimum Gasteiger partial charge on any atom is -0.484 e. The second-order valence-corrected chi connectivity index (χ2v) is 8.48. The van der Waals surface area contributed by atoms with Crippen molar-refractivity contribution in [2.45, 2.75) is 25.1 Å². The number of halogens is 4. The third-order valence-corrected chi connectivity index (χ3v) is 6.47. The number of aromatic nitrogens is 2. The third kappa shape index (κ3) is 4.56. The van der Waals surface area contributed by atoms with Gasteiger partial charge in [-0.15, -0.1) is 22.9 Å². The molecule has 172 valence electrons. The van der Waals surface area contributed by atoms with E-state index in [0.29, 0.717) is 10.9 Å².